The van der Waals surface area contributed by atoms with Crippen molar-refractivity contribution in [3.05, 3.63) is 60.2 Å². The van der Waals surface area contributed by atoms with E-state index in [9.17, 15) is 14.7 Å². The summed E-state index contributed by atoms with van der Waals surface area (Å²) in [5.41, 5.74) is 0.608. The number of rotatable bonds is 10. The lowest BCUT2D eigenvalue weighted by Crippen LogP contribution is -2.23. The van der Waals surface area contributed by atoms with Crippen molar-refractivity contribution in [2.24, 2.45) is 7.05 Å². The van der Waals surface area contributed by atoms with E-state index < -0.39 is 17.9 Å². The Labute approximate surface area is 211 Å². The van der Waals surface area contributed by atoms with Crippen molar-refractivity contribution in [2.75, 3.05) is 18.5 Å². The van der Waals surface area contributed by atoms with Gasteiger partial charge in [0.1, 0.15) is 29.0 Å². The maximum absolute atomic E-state index is 12.8. The lowest BCUT2D eigenvalue weighted by molar-refractivity contribution is 0.0941. The van der Waals surface area contributed by atoms with Gasteiger partial charge in [-0.3, -0.25) is 14.3 Å². The van der Waals surface area contributed by atoms with Crippen LogP contribution in [0.4, 0.5) is 5.82 Å². The number of amides is 2. The molecule has 3 N–H and O–H groups in total. The number of nitrogens with zero attached hydrogens (tertiary/aromatic N) is 5. The van der Waals surface area contributed by atoms with Crippen molar-refractivity contribution >= 4 is 17.6 Å². The number of aryl methyl sites for hydroxylation is 1. The van der Waals surface area contributed by atoms with Gasteiger partial charge in [-0.05, 0) is 38.1 Å². The molecule has 0 radical (unpaired) electrons. The van der Waals surface area contributed by atoms with Crippen LogP contribution in [0.15, 0.2) is 53.3 Å². The molecule has 3 heterocycles. The summed E-state index contributed by atoms with van der Waals surface area (Å²) >= 11 is 0. The van der Waals surface area contributed by atoms with E-state index in [0.717, 1.165) is 0 Å². The normalized spacial score (nSPS) is 11.6. The first kappa shape index (κ1) is 25.3. The molecule has 4 aromatic rings. The van der Waals surface area contributed by atoms with Crippen molar-refractivity contribution in [2.45, 2.75) is 20.0 Å². The molecule has 0 aliphatic heterocycles. The molecule has 0 aliphatic carbocycles. The number of nitrogens with one attached hydrogen (secondary N) is 2. The fraction of sp³-hybridized carbons (Fsp3) is 0.250. The van der Waals surface area contributed by atoms with Crippen molar-refractivity contribution in [3.8, 4) is 28.8 Å². The van der Waals surface area contributed by atoms with Gasteiger partial charge in [0, 0.05) is 37.5 Å². The number of hydrogen-bond acceptors (Lipinski definition) is 10. The van der Waals surface area contributed by atoms with Crippen molar-refractivity contribution in [1.82, 2.24) is 30.2 Å². The average Bonchev–Trinajstić information content (AvgIpc) is 3.54. The molecule has 4 rings (SSSR count). The van der Waals surface area contributed by atoms with Crippen molar-refractivity contribution in [1.29, 1.82) is 0 Å². The van der Waals surface area contributed by atoms with Gasteiger partial charge in [-0.2, -0.15) is 10.1 Å². The Kier molecular flexibility index (Phi) is 7.74. The third-order valence-corrected chi connectivity index (χ3v) is 4.85. The van der Waals surface area contributed by atoms with E-state index in [-0.39, 0.29) is 23.9 Å². The highest BCUT2D eigenvalue weighted by atomic mass is 16.5. The second-order valence-electron chi connectivity index (χ2n) is 7.90. The van der Waals surface area contributed by atoms with E-state index in [1.54, 1.807) is 68.2 Å². The fourth-order valence-corrected chi connectivity index (χ4v) is 3.13. The molecule has 0 unspecified atom stereocenters. The van der Waals surface area contributed by atoms with Gasteiger partial charge in [-0.15, -0.1) is 0 Å². The van der Waals surface area contributed by atoms with Gasteiger partial charge in [0.25, 0.3) is 23.5 Å². The Morgan fingerprint density at radius 3 is 2.62 bits per heavy atom. The van der Waals surface area contributed by atoms with Crippen LogP contribution in [0.5, 0.6) is 17.2 Å². The van der Waals surface area contributed by atoms with E-state index in [0.29, 0.717) is 35.3 Å². The maximum atomic E-state index is 12.8. The van der Waals surface area contributed by atoms with E-state index in [1.807, 2.05) is 0 Å². The Morgan fingerprint density at radius 1 is 1.14 bits per heavy atom. The number of anilines is 1. The quantitative estimate of drug-likeness (QED) is 0.290. The minimum Gasteiger partial charge on any atom is -0.488 e. The molecule has 192 valence electrons. The Hall–Kier alpha value is -4.78. The predicted octanol–water partition coefficient (Wildman–Crippen LogP) is 2.42. The highest BCUT2D eigenvalue weighted by molar-refractivity contribution is 6.04. The minimum absolute atomic E-state index is 0.0784. The monoisotopic (exact) mass is 507 g/mol. The van der Waals surface area contributed by atoms with Gasteiger partial charge in [0.2, 0.25) is 0 Å². The number of aliphatic hydroxyl groups excluding tert-OH is 1. The van der Waals surface area contributed by atoms with Crippen LogP contribution < -0.4 is 20.1 Å². The largest absolute Gasteiger partial charge is 0.488 e. The molecule has 2 amide bonds. The first-order chi connectivity index (χ1) is 17.8. The molecule has 0 bridgehead atoms. The summed E-state index contributed by atoms with van der Waals surface area (Å²) in [6, 6.07) is 9.55. The second kappa shape index (κ2) is 11.3. The minimum atomic E-state index is -0.499. The molecule has 3 aromatic heterocycles. The first-order valence-electron chi connectivity index (χ1n) is 11.3. The Balaban J connectivity index is 1.53. The SMILES string of the molecule is CCNC(=O)c1noc(-c2ccc(Oc3cc(O[C@@H](C)CO)cc(C(=O)Nc4ccn(C)n4)c3)cn2)n1. The van der Waals surface area contributed by atoms with Crippen LogP contribution in [0.3, 0.4) is 0 Å². The lowest BCUT2D eigenvalue weighted by atomic mass is 10.2. The topological polar surface area (TPSA) is 167 Å². The lowest BCUT2D eigenvalue weighted by Gasteiger charge is -2.15. The fourth-order valence-electron chi connectivity index (χ4n) is 3.13. The zero-order valence-corrected chi connectivity index (χ0v) is 20.3. The Bertz CT molecular complexity index is 1380. The molecule has 1 aromatic carbocycles. The molecule has 0 saturated heterocycles. The summed E-state index contributed by atoms with van der Waals surface area (Å²) in [5.74, 6) is 0.505. The van der Waals surface area contributed by atoms with Crippen LogP contribution in [0.1, 0.15) is 34.8 Å². The van der Waals surface area contributed by atoms with Crippen LogP contribution >= 0.6 is 0 Å². The van der Waals surface area contributed by atoms with Crippen LogP contribution in [0.2, 0.25) is 0 Å². The predicted molar refractivity (Wildman–Crippen MR) is 130 cm³/mol. The number of benzene rings is 1. The average molecular weight is 508 g/mol. The third kappa shape index (κ3) is 6.46. The highest BCUT2D eigenvalue weighted by Gasteiger charge is 2.17. The molecule has 1 atom stereocenters. The summed E-state index contributed by atoms with van der Waals surface area (Å²) in [5, 5.41) is 22.5. The van der Waals surface area contributed by atoms with Crippen molar-refractivity contribution in [3.63, 3.8) is 0 Å². The molecular weight excluding hydrogens is 482 g/mol. The van der Waals surface area contributed by atoms with E-state index in [4.69, 9.17) is 14.0 Å². The molecule has 0 aliphatic rings. The molecule has 0 spiro atoms. The third-order valence-electron chi connectivity index (χ3n) is 4.85. The van der Waals surface area contributed by atoms with Gasteiger partial charge in [0.15, 0.2) is 5.82 Å². The van der Waals surface area contributed by atoms with E-state index >= 15 is 0 Å². The number of carbonyl (C=O) groups excluding carboxylic acids is 2. The van der Waals surface area contributed by atoms with Gasteiger partial charge < -0.3 is 29.7 Å². The summed E-state index contributed by atoms with van der Waals surface area (Å²) in [7, 11) is 1.74. The first-order valence-corrected chi connectivity index (χ1v) is 11.3. The number of hydrogen-bond donors (Lipinski definition) is 3. The number of aliphatic hydroxyl groups is 1. The second-order valence-corrected chi connectivity index (χ2v) is 7.90. The molecule has 0 saturated carbocycles. The zero-order valence-electron chi connectivity index (χ0n) is 20.3. The number of ether oxygens (including phenoxy) is 2. The maximum Gasteiger partial charge on any atom is 0.292 e. The van der Waals surface area contributed by atoms with E-state index in [1.165, 1.54) is 6.20 Å². The summed E-state index contributed by atoms with van der Waals surface area (Å²) < 4.78 is 18.3. The van der Waals surface area contributed by atoms with Crippen LogP contribution in [0.25, 0.3) is 11.6 Å². The smallest absolute Gasteiger partial charge is 0.292 e. The summed E-state index contributed by atoms with van der Waals surface area (Å²) in [4.78, 5) is 33.0. The van der Waals surface area contributed by atoms with Crippen LogP contribution in [0, 0.1) is 0 Å². The standard InChI is InChI=1S/C24H25N7O6/c1-4-25-23(34)21-28-24(37-30-21)19-6-5-16(12-26-19)36-18-10-15(9-17(11-18)35-14(2)13-32)22(33)27-20-7-8-31(3)29-20/h5-12,14,32H,4,13H2,1-3H3,(H,25,34)(H,27,29,33)/t14-/m0/s1. The molecule has 13 nitrogen and oxygen atoms in total. The van der Waals surface area contributed by atoms with E-state index in [2.05, 4.69) is 30.9 Å². The summed E-state index contributed by atoms with van der Waals surface area (Å²) in [6.45, 7) is 3.71. The molecular formula is C24H25N7O6. The van der Waals surface area contributed by atoms with Crippen LogP contribution in [-0.4, -0.2) is 61.1 Å². The van der Waals surface area contributed by atoms with Crippen LogP contribution in [-0.2, 0) is 7.05 Å². The number of carbonyl (C=O) groups is 2. The highest BCUT2D eigenvalue weighted by Crippen LogP contribution is 2.29. The van der Waals surface area contributed by atoms with Gasteiger partial charge in [-0.25, -0.2) is 4.98 Å². The number of pyridine rings is 1. The van der Waals surface area contributed by atoms with Gasteiger partial charge >= 0.3 is 0 Å². The molecule has 0 fully saturated rings. The molecule has 13 heteroatoms. The van der Waals surface area contributed by atoms with Gasteiger partial charge in [-0.1, -0.05) is 5.16 Å². The molecule has 37 heavy (non-hydrogen) atoms. The Morgan fingerprint density at radius 2 is 1.95 bits per heavy atom. The zero-order chi connectivity index (χ0) is 26.4. The summed E-state index contributed by atoms with van der Waals surface area (Å²) in [6.07, 6.45) is 2.64. The number of aromatic nitrogens is 5. The van der Waals surface area contributed by atoms with Gasteiger partial charge in [0.05, 0.1) is 12.8 Å². The van der Waals surface area contributed by atoms with Crippen molar-refractivity contribution < 1.29 is 28.7 Å².